The predicted octanol–water partition coefficient (Wildman–Crippen LogP) is 2.01. The Morgan fingerprint density at radius 2 is 2.04 bits per heavy atom. The number of aliphatic hydroxyl groups excluding tert-OH is 1. The van der Waals surface area contributed by atoms with Crippen LogP contribution in [0.1, 0.15) is 38.1 Å². The Labute approximate surface area is 146 Å². The standard InChI is InChI=1S/C17H24N4O2S/c1-17(2,3)24-12-15(22)18-9-10-21-11-14(19-20-21)16(23)13-7-5-4-6-8-13/h4-8,11,16,23H,9-10,12H2,1-3H3,(H,18,22)/t16-/m1/s1. The lowest BCUT2D eigenvalue weighted by Crippen LogP contribution is -2.30. The Balaban J connectivity index is 1.79. The number of aromatic nitrogens is 3. The molecule has 0 spiro atoms. The number of thioether (sulfide) groups is 1. The molecule has 0 aliphatic rings. The number of carbonyl (C=O) groups is 1. The topological polar surface area (TPSA) is 80.0 Å². The minimum Gasteiger partial charge on any atom is -0.382 e. The molecule has 6 nitrogen and oxygen atoms in total. The molecule has 0 radical (unpaired) electrons. The molecule has 2 rings (SSSR count). The van der Waals surface area contributed by atoms with Crippen molar-refractivity contribution >= 4 is 17.7 Å². The van der Waals surface area contributed by atoms with Crippen molar-refractivity contribution in [2.75, 3.05) is 12.3 Å². The highest BCUT2D eigenvalue weighted by molar-refractivity contribution is 8.01. The summed E-state index contributed by atoms with van der Waals surface area (Å²) in [5, 5.41) is 21.1. The molecular weight excluding hydrogens is 324 g/mol. The van der Waals surface area contributed by atoms with E-state index in [-0.39, 0.29) is 10.7 Å². The van der Waals surface area contributed by atoms with E-state index in [0.717, 1.165) is 5.56 Å². The van der Waals surface area contributed by atoms with Gasteiger partial charge in [-0.15, -0.1) is 16.9 Å². The molecule has 0 saturated heterocycles. The van der Waals surface area contributed by atoms with Crippen LogP contribution in [0.5, 0.6) is 0 Å². The quantitative estimate of drug-likeness (QED) is 0.800. The molecule has 0 bridgehead atoms. The second-order valence-electron chi connectivity index (χ2n) is 6.47. The summed E-state index contributed by atoms with van der Waals surface area (Å²) in [5.41, 5.74) is 1.27. The zero-order valence-corrected chi connectivity index (χ0v) is 15.1. The number of aliphatic hydroxyl groups is 1. The molecule has 2 aromatic rings. The minimum absolute atomic E-state index is 0.0135. The van der Waals surface area contributed by atoms with Gasteiger partial charge in [-0.05, 0) is 5.56 Å². The summed E-state index contributed by atoms with van der Waals surface area (Å²) in [5.74, 6) is 0.457. The van der Waals surface area contributed by atoms with Crippen molar-refractivity contribution in [1.82, 2.24) is 20.3 Å². The van der Waals surface area contributed by atoms with Crippen LogP contribution in [0.3, 0.4) is 0 Å². The van der Waals surface area contributed by atoms with Crippen molar-refractivity contribution in [3.8, 4) is 0 Å². The van der Waals surface area contributed by atoms with Crippen molar-refractivity contribution in [2.45, 2.75) is 38.2 Å². The lowest BCUT2D eigenvalue weighted by molar-refractivity contribution is -0.118. The predicted molar refractivity (Wildman–Crippen MR) is 95.7 cm³/mol. The zero-order chi connectivity index (χ0) is 17.6. The van der Waals surface area contributed by atoms with Gasteiger partial charge in [0, 0.05) is 11.3 Å². The van der Waals surface area contributed by atoms with Crippen molar-refractivity contribution in [3.05, 3.63) is 47.8 Å². The fourth-order valence-electron chi connectivity index (χ4n) is 2.00. The van der Waals surface area contributed by atoms with Crippen LogP contribution in [-0.2, 0) is 11.3 Å². The van der Waals surface area contributed by atoms with Gasteiger partial charge < -0.3 is 10.4 Å². The average molecular weight is 348 g/mol. The molecule has 0 saturated carbocycles. The van der Waals surface area contributed by atoms with Crippen LogP contribution in [0.4, 0.5) is 0 Å². The van der Waals surface area contributed by atoms with Crippen LogP contribution in [0.15, 0.2) is 36.5 Å². The van der Waals surface area contributed by atoms with Crippen molar-refractivity contribution < 1.29 is 9.90 Å². The number of nitrogens with one attached hydrogen (secondary N) is 1. The molecule has 0 aliphatic carbocycles. The van der Waals surface area contributed by atoms with Crippen LogP contribution in [0, 0.1) is 0 Å². The number of hydrogen-bond acceptors (Lipinski definition) is 5. The van der Waals surface area contributed by atoms with E-state index in [2.05, 4.69) is 36.4 Å². The third kappa shape index (κ3) is 5.98. The lowest BCUT2D eigenvalue weighted by atomic mass is 10.1. The summed E-state index contributed by atoms with van der Waals surface area (Å²) < 4.78 is 1.70. The minimum atomic E-state index is -0.794. The van der Waals surface area contributed by atoms with Gasteiger partial charge in [-0.25, -0.2) is 0 Å². The van der Waals surface area contributed by atoms with E-state index in [4.69, 9.17) is 0 Å². The first-order chi connectivity index (χ1) is 11.3. The molecule has 0 fully saturated rings. The largest absolute Gasteiger partial charge is 0.382 e. The van der Waals surface area contributed by atoms with Gasteiger partial charge >= 0.3 is 0 Å². The molecule has 0 unspecified atom stereocenters. The summed E-state index contributed by atoms with van der Waals surface area (Å²) in [6, 6.07) is 9.32. The Morgan fingerprint density at radius 1 is 1.33 bits per heavy atom. The maximum absolute atomic E-state index is 11.8. The van der Waals surface area contributed by atoms with Crippen LogP contribution >= 0.6 is 11.8 Å². The summed E-state index contributed by atoms with van der Waals surface area (Å²) in [7, 11) is 0. The normalized spacial score (nSPS) is 12.8. The Hall–Kier alpha value is -1.86. The molecule has 2 N–H and O–H groups in total. The van der Waals surface area contributed by atoms with E-state index < -0.39 is 6.10 Å². The molecule has 130 valence electrons. The van der Waals surface area contributed by atoms with Gasteiger partial charge in [-0.2, -0.15) is 0 Å². The number of benzene rings is 1. The first-order valence-electron chi connectivity index (χ1n) is 7.89. The lowest BCUT2D eigenvalue weighted by Gasteiger charge is -2.16. The van der Waals surface area contributed by atoms with Crippen molar-refractivity contribution in [1.29, 1.82) is 0 Å². The van der Waals surface area contributed by atoms with Crippen molar-refractivity contribution in [3.63, 3.8) is 0 Å². The average Bonchev–Trinajstić information content (AvgIpc) is 3.01. The highest BCUT2D eigenvalue weighted by Crippen LogP contribution is 2.22. The summed E-state index contributed by atoms with van der Waals surface area (Å²) in [6.07, 6.45) is 0.908. The van der Waals surface area contributed by atoms with Gasteiger partial charge in [-0.3, -0.25) is 9.48 Å². The molecule has 1 amide bonds. The number of hydrogen-bond donors (Lipinski definition) is 2. The molecule has 0 aliphatic heterocycles. The fourth-order valence-corrected chi connectivity index (χ4v) is 2.66. The van der Waals surface area contributed by atoms with Gasteiger partial charge in [0.15, 0.2) is 0 Å². The fraction of sp³-hybridized carbons (Fsp3) is 0.471. The van der Waals surface area contributed by atoms with E-state index in [1.807, 2.05) is 30.3 Å². The molecular formula is C17H24N4O2S. The van der Waals surface area contributed by atoms with E-state index in [9.17, 15) is 9.90 Å². The smallest absolute Gasteiger partial charge is 0.230 e. The highest BCUT2D eigenvalue weighted by Gasteiger charge is 2.15. The first kappa shape index (κ1) is 18.5. The molecule has 24 heavy (non-hydrogen) atoms. The van der Waals surface area contributed by atoms with E-state index in [1.165, 1.54) is 0 Å². The van der Waals surface area contributed by atoms with E-state index in [1.54, 1.807) is 22.6 Å². The monoisotopic (exact) mass is 348 g/mol. The van der Waals surface area contributed by atoms with Gasteiger partial charge in [0.25, 0.3) is 0 Å². The highest BCUT2D eigenvalue weighted by atomic mass is 32.2. The Kier molecular flexibility index (Phi) is 6.39. The van der Waals surface area contributed by atoms with E-state index >= 15 is 0 Å². The summed E-state index contributed by atoms with van der Waals surface area (Å²) in [4.78, 5) is 11.8. The van der Waals surface area contributed by atoms with Crippen LogP contribution in [0.25, 0.3) is 0 Å². The van der Waals surface area contributed by atoms with Crippen LogP contribution < -0.4 is 5.32 Å². The summed E-state index contributed by atoms with van der Waals surface area (Å²) in [6.45, 7) is 7.24. The van der Waals surface area contributed by atoms with Gasteiger partial charge in [0.1, 0.15) is 11.8 Å². The van der Waals surface area contributed by atoms with E-state index in [0.29, 0.717) is 24.5 Å². The van der Waals surface area contributed by atoms with Crippen LogP contribution in [0.2, 0.25) is 0 Å². The van der Waals surface area contributed by atoms with Crippen molar-refractivity contribution in [2.24, 2.45) is 0 Å². The molecule has 1 heterocycles. The molecule has 7 heteroatoms. The number of nitrogens with zero attached hydrogens (tertiary/aromatic N) is 3. The van der Waals surface area contributed by atoms with Gasteiger partial charge in [0.2, 0.25) is 5.91 Å². The Bertz CT molecular complexity index is 652. The third-order valence-electron chi connectivity index (χ3n) is 3.25. The summed E-state index contributed by atoms with van der Waals surface area (Å²) >= 11 is 1.61. The van der Waals surface area contributed by atoms with Gasteiger partial charge in [-0.1, -0.05) is 56.3 Å². The number of carbonyl (C=O) groups excluding carboxylic acids is 1. The molecule has 1 aromatic carbocycles. The second kappa shape index (κ2) is 8.30. The second-order valence-corrected chi connectivity index (χ2v) is 8.27. The van der Waals surface area contributed by atoms with Gasteiger partial charge in [0.05, 0.1) is 18.5 Å². The Morgan fingerprint density at radius 3 is 2.71 bits per heavy atom. The van der Waals surface area contributed by atoms with Crippen LogP contribution in [-0.4, -0.2) is 43.1 Å². The maximum Gasteiger partial charge on any atom is 0.230 e. The SMILES string of the molecule is CC(C)(C)SCC(=O)NCCn1cc([C@H](O)c2ccccc2)nn1. The first-order valence-corrected chi connectivity index (χ1v) is 8.87. The zero-order valence-electron chi connectivity index (χ0n) is 14.3. The molecule has 1 aromatic heterocycles. The molecule has 1 atom stereocenters. The number of amides is 1. The third-order valence-corrected chi connectivity index (χ3v) is 4.52. The number of rotatable bonds is 7. The maximum atomic E-state index is 11.8.